The smallest absolute Gasteiger partial charge is 0.326 e. The summed E-state index contributed by atoms with van der Waals surface area (Å²) >= 11 is 0. The second kappa shape index (κ2) is 7.51. The lowest BCUT2D eigenvalue weighted by molar-refractivity contribution is -0.144. The van der Waals surface area contributed by atoms with Gasteiger partial charge in [0.15, 0.2) is 0 Å². The lowest BCUT2D eigenvalue weighted by atomic mass is 9.79. The summed E-state index contributed by atoms with van der Waals surface area (Å²) in [4.78, 5) is 23.2. The van der Waals surface area contributed by atoms with Gasteiger partial charge in [-0.05, 0) is 37.5 Å². The highest BCUT2D eigenvalue weighted by atomic mass is 16.4. The van der Waals surface area contributed by atoms with E-state index in [0.717, 1.165) is 31.6 Å². The Balaban J connectivity index is 2.44. The maximum atomic E-state index is 12.1. The lowest BCUT2D eigenvalue weighted by Gasteiger charge is -2.29. The zero-order chi connectivity index (χ0) is 14.4. The van der Waals surface area contributed by atoms with Crippen molar-refractivity contribution in [1.29, 1.82) is 0 Å². The van der Waals surface area contributed by atoms with Crippen LogP contribution in [-0.2, 0) is 9.59 Å². The highest BCUT2D eigenvalue weighted by molar-refractivity contribution is 5.85. The monoisotopic (exact) mass is 269 g/mol. The molecule has 2 N–H and O–H groups in total. The second-order valence-electron chi connectivity index (χ2n) is 6.07. The highest BCUT2D eigenvalue weighted by Gasteiger charge is 2.30. The minimum Gasteiger partial charge on any atom is -0.480 e. The van der Waals surface area contributed by atoms with Gasteiger partial charge < -0.3 is 10.4 Å². The van der Waals surface area contributed by atoms with Crippen LogP contribution in [-0.4, -0.2) is 23.0 Å². The van der Waals surface area contributed by atoms with Crippen LogP contribution >= 0.6 is 0 Å². The Morgan fingerprint density at radius 1 is 1.21 bits per heavy atom. The molecule has 1 amide bonds. The third kappa shape index (κ3) is 4.84. The van der Waals surface area contributed by atoms with E-state index in [0.29, 0.717) is 0 Å². The van der Waals surface area contributed by atoms with Gasteiger partial charge in [0.1, 0.15) is 6.04 Å². The molecule has 0 aliphatic heterocycles. The molecule has 0 radical (unpaired) electrons. The van der Waals surface area contributed by atoms with Crippen LogP contribution in [0, 0.1) is 17.8 Å². The van der Waals surface area contributed by atoms with Crippen molar-refractivity contribution in [2.45, 2.75) is 65.3 Å². The Kier molecular flexibility index (Phi) is 6.32. The predicted molar refractivity (Wildman–Crippen MR) is 74.8 cm³/mol. The number of carboxylic acids is 1. The van der Waals surface area contributed by atoms with Crippen LogP contribution in [0.1, 0.15) is 59.3 Å². The molecule has 19 heavy (non-hydrogen) atoms. The Morgan fingerprint density at radius 3 is 2.21 bits per heavy atom. The first-order valence-corrected chi connectivity index (χ1v) is 7.48. The van der Waals surface area contributed by atoms with Crippen LogP contribution < -0.4 is 5.32 Å². The molecule has 0 unspecified atom stereocenters. The zero-order valence-corrected chi connectivity index (χ0v) is 12.3. The minimum atomic E-state index is -0.942. The van der Waals surface area contributed by atoms with E-state index in [1.54, 1.807) is 0 Å². The number of rotatable bonds is 6. The lowest BCUT2D eigenvalue weighted by Crippen LogP contribution is -2.47. The summed E-state index contributed by atoms with van der Waals surface area (Å²) in [7, 11) is 0. The molecule has 0 heterocycles. The third-order valence-corrected chi connectivity index (χ3v) is 4.14. The van der Waals surface area contributed by atoms with Crippen LogP contribution in [0.25, 0.3) is 0 Å². The number of carbonyl (C=O) groups excluding carboxylic acids is 1. The minimum absolute atomic E-state index is 0.00806. The molecule has 0 aromatic rings. The quantitative estimate of drug-likeness (QED) is 0.779. The number of nitrogens with one attached hydrogen (secondary N) is 1. The fraction of sp³-hybridized carbons (Fsp3) is 0.867. The van der Waals surface area contributed by atoms with Crippen molar-refractivity contribution in [3.63, 3.8) is 0 Å². The van der Waals surface area contributed by atoms with Gasteiger partial charge in [-0.1, -0.05) is 33.6 Å². The third-order valence-electron chi connectivity index (χ3n) is 4.14. The van der Waals surface area contributed by atoms with Gasteiger partial charge in [-0.3, -0.25) is 4.79 Å². The predicted octanol–water partition coefficient (Wildman–Crippen LogP) is 2.82. The molecule has 1 aliphatic carbocycles. The molecule has 1 aliphatic rings. The second-order valence-corrected chi connectivity index (χ2v) is 6.07. The van der Waals surface area contributed by atoms with E-state index < -0.39 is 12.0 Å². The van der Waals surface area contributed by atoms with Gasteiger partial charge in [-0.25, -0.2) is 4.79 Å². The molecule has 4 nitrogen and oxygen atoms in total. The maximum Gasteiger partial charge on any atom is 0.326 e. The molecular weight excluding hydrogens is 242 g/mol. The fourth-order valence-electron chi connectivity index (χ4n) is 2.91. The van der Waals surface area contributed by atoms with Crippen molar-refractivity contribution in [2.24, 2.45) is 17.8 Å². The fourth-order valence-corrected chi connectivity index (χ4v) is 2.91. The van der Waals surface area contributed by atoms with Gasteiger partial charge in [0.25, 0.3) is 0 Å². The maximum absolute atomic E-state index is 12.1. The van der Waals surface area contributed by atoms with Crippen LogP contribution in [0.5, 0.6) is 0 Å². The summed E-state index contributed by atoms with van der Waals surface area (Å²) in [6.07, 6.45) is 6.46. The average Bonchev–Trinajstić information content (AvgIpc) is 2.36. The van der Waals surface area contributed by atoms with Gasteiger partial charge >= 0.3 is 5.97 Å². The first-order valence-electron chi connectivity index (χ1n) is 7.48. The summed E-state index contributed by atoms with van der Waals surface area (Å²) in [5.41, 5.74) is 0. The van der Waals surface area contributed by atoms with Crippen LogP contribution in [0.3, 0.4) is 0 Å². The number of aliphatic carboxylic acids is 1. The van der Waals surface area contributed by atoms with Crippen molar-refractivity contribution < 1.29 is 14.7 Å². The molecule has 1 rings (SSSR count). The normalized spacial score (nSPS) is 25.1. The number of hydrogen-bond acceptors (Lipinski definition) is 2. The first-order chi connectivity index (χ1) is 8.95. The Bertz CT molecular complexity index is 307. The molecular formula is C15H27NO3. The number of carboxylic acid groups (broad SMARTS) is 1. The summed E-state index contributed by atoms with van der Waals surface area (Å²) in [5.74, 6) is -0.333. The summed E-state index contributed by atoms with van der Waals surface area (Å²) < 4.78 is 0. The van der Waals surface area contributed by atoms with Gasteiger partial charge in [0, 0.05) is 5.92 Å². The Morgan fingerprint density at radius 2 is 1.79 bits per heavy atom. The van der Waals surface area contributed by atoms with Crippen LogP contribution in [0.15, 0.2) is 0 Å². The zero-order valence-electron chi connectivity index (χ0n) is 12.3. The standard InChI is InChI=1S/C15H27NO3/c1-4-5-11-6-8-12(9-7-11)14(17)16-13(10(2)3)15(18)19/h10-13H,4-9H2,1-3H3,(H,16,17)(H,18,19)/t11?,12?,13-/m0/s1. The van der Waals surface area contributed by atoms with E-state index in [4.69, 9.17) is 5.11 Å². The topological polar surface area (TPSA) is 66.4 Å². The molecule has 110 valence electrons. The van der Waals surface area contributed by atoms with Gasteiger partial charge in [0.2, 0.25) is 5.91 Å². The van der Waals surface area contributed by atoms with Gasteiger partial charge in [-0.15, -0.1) is 0 Å². The van der Waals surface area contributed by atoms with E-state index in [1.807, 2.05) is 13.8 Å². The highest BCUT2D eigenvalue weighted by Crippen LogP contribution is 2.31. The van der Waals surface area contributed by atoms with Gasteiger partial charge in [0.05, 0.1) is 0 Å². The van der Waals surface area contributed by atoms with Crippen LogP contribution in [0.4, 0.5) is 0 Å². The molecule has 1 atom stereocenters. The van der Waals surface area contributed by atoms with Crippen molar-refractivity contribution in [3.8, 4) is 0 Å². The first kappa shape index (κ1) is 16.0. The molecule has 0 aromatic heterocycles. The summed E-state index contributed by atoms with van der Waals surface area (Å²) in [6.45, 7) is 5.83. The number of hydrogen-bond donors (Lipinski definition) is 2. The molecule has 4 heteroatoms. The largest absolute Gasteiger partial charge is 0.480 e. The van der Waals surface area contributed by atoms with Crippen molar-refractivity contribution >= 4 is 11.9 Å². The van der Waals surface area contributed by atoms with Crippen molar-refractivity contribution in [1.82, 2.24) is 5.32 Å². The van der Waals surface area contributed by atoms with Crippen molar-refractivity contribution in [3.05, 3.63) is 0 Å². The SMILES string of the molecule is CCCC1CCC(C(=O)N[C@H](C(=O)O)C(C)C)CC1. The van der Waals surface area contributed by atoms with Crippen molar-refractivity contribution in [2.75, 3.05) is 0 Å². The summed E-state index contributed by atoms with van der Waals surface area (Å²) in [6, 6.07) is -0.763. The molecule has 0 spiro atoms. The van der Waals surface area contributed by atoms with E-state index >= 15 is 0 Å². The van der Waals surface area contributed by atoms with E-state index in [1.165, 1.54) is 12.8 Å². The Hall–Kier alpha value is -1.06. The van der Waals surface area contributed by atoms with E-state index in [2.05, 4.69) is 12.2 Å². The van der Waals surface area contributed by atoms with E-state index in [-0.39, 0.29) is 17.7 Å². The van der Waals surface area contributed by atoms with Gasteiger partial charge in [-0.2, -0.15) is 0 Å². The molecule has 0 bridgehead atoms. The summed E-state index contributed by atoms with van der Waals surface area (Å²) in [5, 5.41) is 11.8. The number of carbonyl (C=O) groups is 2. The molecule has 1 fully saturated rings. The van der Waals surface area contributed by atoms with Crippen LogP contribution in [0.2, 0.25) is 0 Å². The molecule has 0 aromatic carbocycles. The number of amides is 1. The average molecular weight is 269 g/mol. The Labute approximate surface area is 116 Å². The molecule has 1 saturated carbocycles. The molecule has 0 saturated heterocycles. The van der Waals surface area contributed by atoms with E-state index in [9.17, 15) is 9.59 Å².